The minimum absolute atomic E-state index is 0.468. The van der Waals surface area contributed by atoms with E-state index >= 15 is 0 Å². The van der Waals surface area contributed by atoms with Crippen LogP contribution in [0.5, 0.6) is 0 Å². The fraction of sp³-hybridized carbons (Fsp3) is 0.400. The lowest BCUT2D eigenvalue weighted by Gasteiger charge is -2.14. The van der Waals surface area contributed by atoms with Gasteiger partial charge in [-0.2, -0.15) is 13.2 Å². The van der Waals surface area contributed by atoms with E-state index < -0.39 is 24.9 Å². The van der Waals surface area contributed by atoms with Crippen LogP contribution in [0.1, 0.15) is 18.5 Å². The molecule has 7 heteroatoms. The molecule has 17 heavy (non-hydrogen) atoms. The van der Waals surface area contributed by atoms with Crippen molar-refractivity contribution >= 4 is 6.09 Å². The minimum Gasteiger partial charge on any atom is -0.440 e. The van der Waals surface area contributed by atoms with Crippen LogP contribution < -0.4 is 5.32 Å². The molecule has 0 saturated heterocycles. The normalized spacial score (nSPS) is 12.9. The second-order valence-electron chi connectivity index (χ2n) is 3.34. The van der Waals surface area contributed by atoms with Gasteiger partial charge in [0.05, 0.1) is 6.04 Å². The van der Waals surface area contributed by atoms with Crippen LogP contribution in [-0.2, 0) is 4.74 Å². The molecule has 4 nitrogen and oxygen atoms in total. The van der Waals surface area contributed by atoms with Crippen LogP contribution in [0.4, 0.5) is 18.0 Å². The van der Waals surface area contributed by atoms with Crippen LogP contribution in [0.25, 0.3) is 0 Å². The highest BCUT2D eigenvalue weighted by Gasteiger charge is 2.29. The van der Waals surface area contributed by atoms with Gasteiger partial charge in [0.25, 0.3) is 0 Å². The van der Waals surface area contributed by atoms with Crippen molar-refractivity contribution in [3.05, 3.63) is 30.1 Å². The Labute approximate surface area is 95.8 Å². The van der Waals surface area contributed by atoms with Crippen molar-refractivity contribution in [1.29, 1.82) is 0 Å². The number of alkyl halides is 3. The molecule has 1 aromatic rings. The summed E-state index contributed by atoms with van der Waals surface area (Å²) in [6, 6.07) is 2.89. The Morgan fingerprint density at radius 2 is 2.29 bits per heavy atom. The van der Waals surface area contributed by atoms with Gasteiger partial charge in [-0.25, -0.2) is 4.79 Å². The molecule has 0 radical (unpaired) electrons. The summed E-state index contributed by atoms with van der Waals surface area (Å²) in [5.74, 6) is 0. The van der Waals surface area contributed by atoms with Crippen LogP contribution in [0, 0.1) is 0 Å². The molecule has 0 fully saturated rings. The monoisotopic (exact) mass is 248 g/mol. The van der Waals surface area contributed by atoms with E-state index in [4.69, 9.17) is 0 Å². The third kappa shape index (κ3) is 5.19. The lowest BCUT2D eigenvalue weighted by molar-refractivity contribution is -0.160. The zero-order valence-corrected chi connectivity index (χ0v) is 8.99. The van der Waals surface area contributed by atoms with E-state index in [1.54, 1.807) is 25.3 Å². The summed E-state index contributed by atoms with van der Waals surface area (Å²) in [5, 5.41) is 2.27. The molecule has 1 N–H and O–H groups in total. The predicted molar refractivity (Wildman–Crippen MR) is 53.2 cm³/mol. The average molecular weight is 248 g/mol. The van der Waals surface area contributed by atoms with E-state index in [1.807, 2.05) is 0 Å². The lowest BCUT2D eigenvalue weighted by Crippen LogP contribution is -2.30. The Bertz CT molecular complexity index is 368. The summed E-state index contributed by atoms with van der Waals surface area (Å²) in [7, 11) is 0. The van der Waals surface area contributed by atoms with Gasteiger partial charge in [0, 0.05) is 12.4 Å². The Kier molecular flexibility index (Phi) is 4.30. The van der Waals surface area contributed by atoms with Crippen LogP contribution in [-0.4, -0.2) is 23.9 Å². The highest BCUT2D eigenvalue weighted by Crippen LogP contribution is 2.15. The van der Waals surface area contributed by atoms with Crippen LogP contribution in [0.3, 0.4) is 0 Å². The fourth-order valence-electron chi connectivity index (χ4n) is 1.08. The lowest BCUT2D eigenvalue weighted by atomic mass is 10.1. The van der Waals surface area contributed by atoms with Crippen LogP contribution >= 0.6 is 0 Å². The number of nitrogens with one attached hydrogen (secondary N) is 1. The highest BCUT2D eigenvalue weighted by molar-refractivity contribution is 5.67. The Morgan fingerprint density at radius 3 is 2.82 bits per heavy atom. The van der Waals surface area contributed by atoms with E-state index in [2.05, 4.69) is 15.0 Å². The van der Waals surface area contributed by atoms with Crippen molar-refractivity contribution < 1.29 is 22.7 Å². The summed E-state index contributed by atoms with van der Waals surface area (Å²) in [6.07, 6.45) is -2.57. The number of halogens is 3. The Morgan fingerprint density at radius 1 is 1.59 bits per heavy atom. The largest absolute Gasteiger partial charge is 0.440 e. The number of hydrogen-bond donors (Lipinski definition) is 1. The molecule has 0 spiro atoms. The first-order valence-corrected chi connectivity index (χ1v) is 4.78. The van der Waals surface area contributed by atoms with Gasteiger partial charge in [0.2, 0.25) is 0 Å². The smallest absolute Gasteiger partial charge is 0.422 e. The summed E-state index contributed by atoms with van der Waals surface area (Å²) >= 11 is 0. The van der Waals surface area contributed by atoms with Crippen molar-refractivity contribution in [1.82, 2.24) is 10.3 Å². The number of rotatable bonds is 3. The van der Waals surface area contributed by atoms with Crippen LogP contribution in [0.15, 0.2) is 24.5 Å². The molecule has 0 bridgehead atoms. The topological polar surface area (TPSA) is 51.2 Å². The third-order valence-corrected chi connectivity index (χ3v) is 1.89. The van der Waals surface area contributed by atoms with Gasteiger partial charge in [-0.1, -0.05) is 6.07 Å². The number of pyridine rings is 1. The second-order valence-corrected chi connectivity index (χ2v) is 3.34. The molecule has 0 saturated carbocycles. The van der Waals surface area contributed by atoms with Crippen molar-refractivity contribution in [3.8, 4) is 0 Å². The molecule has 0 aliphatic rings. The van der Waals surface area contributed by atoms with Crippen molar-refractivity contribution in [2.75, 3.05) is 6.61 Å². The zero-order valence-electron chi connectivity index (χ0n) is 8.99. The number of aromatic nitrogens is 1. The maximum atomic E-state index is 11.8. The number of ether oxygens (including phenoxy) is 1. The minimum atomic E-state index is -4.52. The summed E-state index contributed by atoms with van der Waals surface area (Å²) in [4.78, 5) is 14.8. The van der Waals surface area contributed by atoms with Crippen molar-refractivity contribution in [2.45, 2.75) is 19.1 Å². The maximum absolute atomic E-state index is 11.8. The Balaban J connectivity index is 2.42. The summed E-state index contributed by atoms with van der Waals surface area (Å²) < 4.78 is 39.3. The first kappa shape index (κ1) is 13.3. The standard InChI is InChI=1S/C10H11F3N2O2/c1-7(8-3-2-4-14-5-8)15-9(16)17-6-10(11,12)13/h2-5,7H,6H2,1H3,(H,15,16). The molecule has 0 aliphatic heterocycles. The SMILES string of the molecule is CC(NC(=O)OCC(F)(F)F)c1cccnc1. The van der Waals surface area contributed by atoms with E-state index in [9.17, 15) is 18.0 Å². The second kappa shape index (κ2) is 5.51. The molecule has 1 heterocycles. The first-order chi connectivity index (χ1) is 7.88. The molecular weight excluding hydrogens is 237 g/mol. The van der Waals surface area contributed by atoms with Crippen molar-refractivity contribution in [2.24, 2.45) is 0 Å². The molecule has 1 atom stereocenters. The molecule has 1 amide bonds. The van der Waals surface area contributed by atoms with E-state index in [-0.39, 0.29) is 0 Å². The number of amides is 1. The molecule has 0 aliphatic carbocycles. The average Bonchev–Trinajstić information content (AvgIpc) is 2.27. The van der Waals surface area contributed by atoms with Gasteiger partial charge >= 0.3 is 12.3 Å². The predicted octanol–water partition coefficient (Wildman–Crippen LogP) is 2.43. The molecule has 1 unspecified atom stereocenters. The molecule has 94 valence electrons. The van der Waals surface area contributed by atoms with Gasteiger partial charge < -0.3 is 10.1 Å². The quantitative estimate of drug-likeness (QED) is 0.893. The molecule has 1 aromatic heterocycles. The number of alkyl carbamates (subject to hydrolysis) is 1. The first-order valence-electron chi connectivity index (χ1n) is 4.78. The van der Waals surface area contributed by atoms with Gasteiger partial charge in [0.1, 0.15) is 0 Å². The van der Waals surface area contributed by atoms with Crippen molar-refractivity contribution in [3.63, 3.8) is 0 Å². The van der Waals surface area contributed by atoms with Gasteiger partial charge in [-0.05, 0) is 18.6 Å². The highest BCUT2D eigenvalue weighted by atomic mass is 19.4. The van der Waals surface area contributed by atoms with E-state index in [0.717, 1.165) is 0 Å². The number of nitrogens with zero attached hydrogens (tertiary/aromatic N) is 1. The fourth-order valence-corrected chi connectivity index (χ4v) is 1.08. The Hall–Kier alpha value is -1.79. The molecule has 0 aromatic carbocycles. The summed E-state index contributed by atoms with van der Waals surface area (Å²) in [5.41, 5.74) is 0.677. The number of carbonyl (C=O) groups is 1. The van der Waals surface area contributed by atoms with Crippen LogP contribution in [0.2, 0.25) is 0 Å². The van der Waals surface area contributed by atoms with E-state index in [1.165, 1.54) is 6.20 Å². The number of hydrogen-bond acceptors (Lipinski definition) is 3. The zero-order chi connectivity index (χ0) is 12.9. The van der Waals surface area contributed by atoms with Gasteiger partial charge in [0.15, 0.2) is 6.61 Å². The van der Waals surface area contributed by atoms with Gasteiger partial charge in [-0.15, -0.1) is 0 Å². The van der Waals surface area contributed by atoms with Gasteiger partial charge in [-0.3, -0.25) is 4.98 Å². The summed E-state index contributed by atoms with van der Waals surface area (Å²) in [6.45, 7) is 0.0183. The molecular formula is C10H11F3N2O2. The maximum Gasteiger partial charge on any atom is 0.422 e. The molecule has 1 rings (SSSR count). The third-order valence-electron chi connectivity index (χ3n) is 1.89. The van der Waals surface area contributed by atoms with E-state index in [0.29, 0.717) is 5.56 Å². The number of carbonyl (C=O) groups excluding carboxylic acids is 1.